The zero-order valence-corrected chi connectivity index (χ0v) is 13.1. The van der Waals surface area contributed by atoms with Crippen molar-refractivity contribution in [3.8, 4) is 17.1 Å². The molecule has 0 spiro atoms. The van der Waals surface area contributed by atoms with E-state index in [9.17, 15) is 17.6 Å². The van der Waals surface area contributed by atoms with Gasteiger partial charge in [-0.2, -0.15) is 22.7 Å². The summed E-state index contributed by atoms with van der Waals surface area (Å²) >= 11 is 0. The Morgan fingerprint density at radius 3 is 2.77 bits per heavy atom. The van der Waals surface area contributed by atoms with Gasteiger partial charge >= 0.3 is 12.5 Å². The lowest BCUT2D eigenvalue weighted by molar-refractivity contribution is -0.253. The third-order valence-corrected chi connectivity index (χ3v) is 3.67. The van der Waals surface area contributed by atoms with Gasteiger partial charge in [0.2, 0.25) is 0 Å². The van der Waals surface area contributed by atoms with Crippen LogP contribution >= 0.6 is 0 Å². The van der Waals surface area contributed by atoms with Gasteiger partial charge in [-0.15, -0.1) is 5.10 Å². The predicted octanol–water partition coefficient (Wildman–Crippen LogP) is 2.91. The van der Waals surface area contributed by atoms with Crippen LogP contribution in [-0.4, -0.2) is 41.9 Å². The first kappa shape index (κ1) is 16.2. The van der Waals surface area contributed by atoms with Gasteiger partial charge in [-0.3, -0.25) is 4.68 Å². The molecule has 3 aromatic heterocycles. The third-order valence-electron chi connectivity index (χ3n) is 3.67. The van der Waals surface area contributed by atoms with Crippen molar-refractivity contribution in [3.05, 3.63) is 36.8 Å². The Morgan fingerprint density at radius 1 is 1.19 bits per heavy atom. The lowest BCUT2D eigenvalue weighted by Gasteiger charge is -2.16. The fourth-order valence-electron chi connectivity index (χ4n) is 2.46. The molecule has 7 nitrogen and oxygen atoms in total. The number of hydrogen-bond acceptors (Lipinski definition) is 5. The van der Waals surface area contributed by atoms with E-state index in [1.807, 2.05) is 0 Å². The van der Waals surface area contributed by atoms with Crippen LogP contribution < -0.4 is 4.74 Å². The van der Waals surface area contributed by atoms with Crippen LogP contribution in [-0.2, 0) is 7.05 Å². The maximum absolute atomic E-state index is 13.1. The van der Waals surface area contributed by atoms with Gasteiger partial charge < -0.3 is 4.74 Å². The standard InChI is InChI=1S/C15H10F4N6O/c1-24-12-10(6-21-24)13-22-11(23-25(13)7-20-12)8-3-2-4-9(5-8)26-15(18,19)14(16)17/h2-7,14H,1H3. The van der Waals surface area contributed by atoms with Crippen molar-refractivity contribution < 1.29 is 22.3 Å². The van der Waals surface area contributed by atoms with E-state index < -0.39 is 18.3 Å². The van der Waals surface area contributed by atoms with E-state index in [0.717, 1.165) is 6.07 Å². The van der Waals surface area contributed by atoms with Crippen LogP contribution in [0.25, 0.3) is 28.1 Å². The van der Waals surface area contributed by atoms with Gasteiger partial charge in [-0.1, -0.05) is 12.1 Å². The van der Waals surface area contributed by atoms with Gasteiger partial charge in [0.25, 0.3) is 0 Å². The molecule has 0 saturated carbocycles. The average Bonchev–Trinajstić information content (AvgIpc) is 3.18. The quantitative estimate of drug-likeness (QED) is 0.520. The first-order valence-electron chi connectivity index (χ1n) is 7.33. The maximum atomic E-state index is 13.1. The summed E-state index contributed by atoms with van der Waals surface area (Å²) < 4.78 is 57.9. The summed E-state index contributed by atoms with van der Waals surface area (Å²) in [5.74, 6) is -0.217. The molecule has 0 unspecified atom stereocenters. The minimum Gasteiger partial charge on any atom is -0.428 e. The topological polar surface area (TPSA) is 70.1 Å². The summed E-state index contributed by atoms with van der Waals surface area (Å²) in [5.41, 5.74) is 1.40. The largest absolute Gasteiger partial charge is 0.461 e. The summed E-state index contributed by atoms with van der Waals surface area (Å²) in [4.78, 5) is 8.58. The van der Waals surface area contributed by atoms with Gasteiger partial charge in [0.05, 0.1) is 11.6 Å². The lowest BCUT2D eigenvalue weighted by atomic mass is 10.2. The Hall–Kier alpha value is -3.24. The fraction of sp³-hybridized carbons (Fsp3) is 0.200. The van der Waals surface area contributed by atoms with E-state index in [0.29, 0.717) is 22.2 Å². The maximum Gasteiger partial charge on any atom is 0.461 e. The molecule has 0 saturated heterocycles. The highest BCUT2D eigenvalue weighted by atomic mass is 19.3. The van der Waals surface area contributed by atoms with Crippen molar-refractivity contribution in [1.29, 1.82) is 0 Å². The third kappa shape index (κ3) is 2.61. The number of nitrogens with zero attached hydrogens (tertiary/aromatic N) is 6. The Bertz CT molecular complexity index is 1110. The molecule has 0 bridgehead atoms. The molecule has 4 aromatic rings. The molecule has 11 heteroatoms. The minimum atomic E-state index is -4.59. The predicted molar refractivity (Wildman–Crippen MR) is 82.1 cm³/mol. The molecular formula is C15H10F4N6O. The van der Waals surface area contributed by atoms with E-state index in [1.54, 1.807) is 24.0 Å². The lowest BCUT2D eigenvalue weighted by Crippen LogP contribution is -2.33. The van der Waals surface area contributed by atoms with Crippen LogP contribution in [0.4, 0.5) is 17.6 Å². The Kier molecular flexibility index (Phi) is 3.53. The minimum absolute atomic E-state index is 0.203. The molecule has 4 rings (SSSR count). The molecule has 0 aliphatic rings. The molecule has 26 heavy (non-hydrogen) atoms. The van der Waals surface area contributed by atoms with Crippen LogP contribution in [0.3, 0.4) is 0 Å². The number of aryl methyl sites for hydroxylation is 1. The van der Waals surface area contributed by atoms with Crippen molar-refractivity contribution in [2.24, 2.45) is 7.05 Å². The van der Waals surface area contributed by atoms with Crippen LogP contribution in [0.5, 0.6) is 5.75 Å². The number of hydrogen-bond donors (Lipinski definition) is 0. The number of halogens is 4. The number of aromatic nitrogens is 6. The molecule has 0 fully saturated rings. The summed E-state index contributed by atoms with van der Waals surface area (Å²) in [6.07, 6.45) is -5.50. The smallest absolute Gasteiger partial charge is 0.428 e. The summed E-state index contributed by atoms with van der Waals surface area (Å²) in [7, 11) is 1.73. The van der Waals surface area contributed by atoms with Crippen molar-refractivity contribution in [3.63, 3.8) is 0 Å². The van der Waals surface area contributed by atoms with E-state index in [4.69, 9.17) is 0 Å². The molecule has 0 amide bonds. The van der Waals surface area contributed by atoms with Crippen molar-refractivity contribution in [2.75, 3.05) is 0 Å². The Labute approximate surface area is 142 Å². The van der Waals surface area contributed by atoms with Gasteiger partial charge in [0, 0.05) is 12.6 Å². The Morgan fingerprint density at radius 2 is 2.00 bits per heavy atom. The van der Waals surface area contributed by atoms with E-state index >= 15 is 0 Å². The second-order valence-electron chi connectivity index (χ2n) is 5.45. The first-order valence-corrected chi connectivity index (χ1v) is 7.33. The van der Waals surface area contributed by atoms with Crippen molar-refractivity contribution >= 4 is 16.7 Å². The zero-order chi connectivity index (χ0) is 18.5. The number of ether oxygens (including phenoxy) is 1. The van der Waals surface area contributed by atoms with Gasteiger partial charge in [-0.05, 0) is 12.1 Å². The van der Waals surface area contributed by atoms with E-state index in [-0.39, 0.29) is 5.82 Å². The van der Waals surface area contributed by atoms with Crippen molar-refractivity contribution in [2.45, 2.75) is 12.5 Å². The van der Waals surface area contributed by atoms with Gasteiger partial charge in [0.15, 0.2) is 17.1 Å². The molecule has 0 radical (unpaired) electrons. The monoisotopic (exact) mass is 366 g/mol. The molecule has 1 aromatic carbocycles. The van der Waals surface area contributed by atoms with E-state index in [2.05, 4.69) is 24.9 Å². The van der Waals surface area contributed by atoms with Crippen LogP contribution in [0, 0.1) is 0 Å². The van der Waals surface area contributed by atoms with Crippen LogP contribution in [0.2, 0.25) is 0 Å². The Balaban J connectivity index is 1.76. The molecular weight excluding hydrogens is 356 g/mol. The second kappa shape index (κ2) is 5.64. The number of rotatable bonds is 4. The molecule has 134 valence electrons. The summed E-state index contributed by atoms with van der Waals surface area (Å²) in [6.45, 7) is 0. The highest BCUT2D eigenvalue weighted by molar-refractivity contribution is 5.89. The molecule has 0 atom stereocenters. The van der Waals surface area contributed by atoms with Crippen LogP contribution in [0.1, 0.15) is 0 Å². The zero-order valence-electron chi connectivity index (χ0n) is 13.1. The summed E-state index contributed by atoms with van der Waals surface area (Å²) in [5, 5.41) is 8.99. The second-order valence-corrected chi connectivity index (χ2v) is 5.45. The highest BCUT2D eigenvalue weighted by Crippen LogP contribution is 2.30. The highest BCUT2D eigenvalue weighted by Gasteiger charge is 2.44. The average molecular weight is 366 g/mol. The van der Waals surface area contributed by atoms with Crippen LogP contribution in [0.15, 0.2) is 36.8 Å². The first-order chi connectivity index (χ1) is 12.3. The normalized spacial score (nSPS) is 12.4. The van der Waals surface area contributed by atoms with Gasteiger partial charge in [0.1, 0.15) is 12.1 Å². The van der Waals surface area contributed by atoms with Gasteiger partial charge in [-0.25, -0.2) is 14.5 Å². The number of fused-ring (bicyclic) bond motifs is 3. The van der Waals surface area contributed by atoms with Crippen molar-refractivity contribution in [1.82, 2.24) is 29.4 Å². The molecule has 0 N–H and O–H groups in total. The van der Waals surface area contributed by atoms with E-state index in [1.165, 1.54) is 23.0 Å². The SMILES string of the molecule is Cn1ncc2c1ncn1nc(-c3cccc(OC(F)(F)C(F)F)c3)nc21. The summed E-state index contributed by atoms with van der Waals surface area (Å²) in [6, 6.07) is 5.25. The molecule has 3 heterocycles. The molecule has 0 aliphatic carbocycles. The fourth-order valence-corrected chi connectivity index (χ4v) is 2.46. The number of alkyl halides is 4. The number of benzene rings is 1. The molecule has 0 aliphatic heterocycles.